The highest BCUT2D eigenvalue weighted by Gasteiger charge is 2.17. The lowest BCUT2D eigenvalue weighted by molar-refractivity contribution is -0.115. The van der Waals surface area contributed by atoms with Gasteiger partial charge in [0.2, 0.25) is 11.8 Å². The fourth-order valence-corrected chi connectivity index (χ4v) is 3.00. The van der Waals surface area contributed by atoms with Gasteiger partial charge in [0.05, 0.1) is 11.4 Å². The van der Waals surface area contributed by atoms with Crippen molar-refractivity contribution in [3.8, 4) is 0 Å². The van der Waals surface area contributed by atoms with Gasteiger partial charge in [0.1, 0.15) is 5.82 Å². The van der Waals surface area contributed by atoms with Crippen molar-refractivity contribution in [3.63, 3.8) is 0 Å². The van der Waals surface area contributed by atoms with E-state index in [4.69, 9.17) is 0 Å². The molecule has 0 radical (unpaired) electrons. The van der Waals surface area contributed by atoms with E-state index in [2.05, 4.69) is 15.7 Å². The van der Waals surface area contributed by atoms with Gasteiger partial charge < -0.3 is 10.6 Å². The molecule has 24 heavy (non-hydrogen) atoms. The zero-order chi connectivity index (χ0) is 17.7. The van der Waals surface area contributed by atoms with Crippen LogP contribution in [0.3, 0.4) is 0 Å². The second-order valence-corrected chi connectivity index (χ2v) is 7.12. The molecule has 6 nitrogen and oxygen atoms in total. The zero-order valence-electron chi connectivity index (χ0n) is 14.2. The molecule has 0 saturated carbocycles. The van der Waals surface area contributed by atoms with Gasteiger partial charge in [0.15, 0.2) is 0 Å². The number of nitrogens with zero attached hydrogens (tertiary/aromatic N) is 2. The molecule has 128 valence electrons. The molecule has 0 fully saturated rings. The Bertz CT molecular complexity index is 710. The lowest BCUT2D eigenvalue weighted by Crippen LogP contribution is -2.24. The highest BCUT2D eigenvalue weighted by atomic mass is 32.2. The summed E-state index contributed by atoms with van der Waals surface area (Å²) < 4.78 is 1.78. The normalized spacial score (nSPS) is 12.0. The maximum Gasteiger partial charge on any atom is 0.238 e. The predicted octanol–water partition coefficient (Wildman–Crippen LogP) is 3.54. The first-order valence-corrected chi connectivity index (χ1v) is 8.63. The summed E-state index contributed by atoms with van der Waals surface area (Å²) in [6.07, 6.45) is 1.67. The maximum atomic E-state index is 12.4. The minimum Gasteiger partial charge on any atom is -0.326 e. The van der Waals surface area contributed by atoms with Crippen LogP contribution in [0.4, 0.5) is 11.5 Å². The first kappa shape index (κ1) is 18.1. The van der Waals surface area contributed by atoms with Crippen molar-refractivity contribution >= 4 is 35.1 Å². The molecule has 0 aliphatic heterocycles. The van der Waals surface area contributed by atoms with Crippen molar-refractivity contribution in [3.05, 3.63) is 36.5 Å². The maximum absolute atomic E-state index is 12.4. The number of nitrogens with one attached hydrogen (secondary N) is 2. The molecular weight excluding hydrogens is 324 g/mol. The van der Waals surface area contributed by atoms with E-state index in [9.17, 15) is 9.59 Å². The number of hydrogen-bond acceptors (Lipinski definition) is 4. The molecule has 2 rings (SSSR count). The molecule has 2 amide bonds. The number of rotatable bonds is 6. The van der Waals surface area contributed by atoms with Crippen LogP contribution in [-0.2, 0) is 9.59 Å². The number of carbonyl (C=O) groups is 2. The summed E-state index contributed by atoms with van der Waals surface area (Å²) in [5.41, 5.74) is 0.741. The lowest BCUT2D eigenvalue weighted by atomic mass is 10.3. The third-order valence-electron chi connectivity index (χ3n) is 3.27. The van der Waals surface area contributed by atoms with Crippen LogP contribution in [0.2, 0.25) is 0 Å². The number of thioether (sulfide) groups is 1. The smallest absolute Gasteiger partial charge is 0.238 e. The highest BCUT2D eigenvalue weighted by Crippen LogP contribution is 2.26. The van der Waals surface area contributed by atoms with E-state index in [0.717, 1.165) is 10.6 Å². The lowest BCUT2D eigenvalue weighted by Gasteiger charge is -2.15. The minimum absolute atomic E-state index is 0.0756. The van der Waals surface area contributed by atoms with E-state index in [1.165, 1.54) is 18.7 Å². The molecule has 0 saturated heterocycles. The topological polar surface area (TPSA) is 76.0 Å². The molecule has 1 aromatic heterocycles. The van der Waals surface area contributed by atoms with Gasteiger partial charge in [0.25, 0.3) is 0 Å². The Balaban J connectivity index is 1.96. The molecule has 0 aliphatic carbocycles. The van der Waals surface area contributed by atoms with E-state index in [1.807, 2.05) is 45.0 Å². The van der Waals surface area contributed by atoms with Crippen molar-refractivity contribution in [2.24, 2.45) is 0 Å². The second kappa shape index (κ2) is 8.01. The van der Waals surface area contributed by atoms with Crippen LogP contribution in [0.1, 0.15) is 33.7 Å². The van der Waals surface area contributed by atoms with Crippen LogP contribution in [0.25, 0.3) is 0 Å². The summed E-state index contributed by atoms with van der Waals surface area (Å²) in [6.45, 7) is 7.35. The van der Waals surface area contributed by atoms with Crippen LogP contribution >= 0.6 is 11.8 Å². The highest BCUT2D eigenvalue weighted by molar-refractivity contribution is 8.00. The summed E-state index contributed by atoms with van der Waals surface area (Å²) in [6, 6.07) is 9.39. The summed E-state index contributed by atoms with van der Waals surface area (Å²) >= 11 is 1.46. The predicted molar refractivity (Wildman–Crippen MR) is 97.3 cm³/mol. The van der Waals surface area contributed by atoms with Crippen LogP contribution in [-0.4, -0.2) is 26.8 Å². The Morgan fingerprint density at radius 2 is 1.75 bits per heavy atom. The largest absolute Gasteiger partial charge is 0.326 e. The van der Waals surface area contributed by atoms with Crippen molar-refractivity contribution in [1.29, 1.82) is 0 Å². The zero-order valence-corrected chi connectivity index (χ0v) is 15.1. The molecule has 0 spiro atoms. The Labute approximate surface area is 146 Å². The molecule has 7 heteroatoms. The number of hydrogen-bond donors (Lipinski definition) is 2. The van der Waals surface area contributed by atoms with Gasteiger partial charge in [-0.05, 0) is 45.0 Å². The summed E-state index contributed by atoms with van der Waals surface area (Å²) in [5, 5.41) is 9.58. The van der Waals surface area contributed by atoms with Crippen molar-refractivity contribution < 1.29 is 9.59 Å². The van der Waals surface area contributed by atoms with Crippen molar-refractivity contribution in [1.82, 2.24) is 9.78 Å². The van der Waals surface area contributed by atoms with Crippen LogP contribution < -0.4 is 10.6 Å². The van der Waals surface area contributed by atoms with E-state index in [-0.39, 0.29) is 23.1 Å². The molecule has 1 atom stereocenters. The molecule has 2 aromatic rings. The number of aromatic nitrogens is 2. The van der Waals surface area contributed by atoms with Crippen LogP contribution in [0.5, 0.6) is 0 Å². The van der Waals surface area contributed by atoms with E-state index >= 15 is 0 Å². The summed E-state index contributed by atoms with van der Waals surface area (Å²) in [7, 11) is 0. The Morgan fingerprint density at radius 3 is 2.33 bits per heavy atom. The quantitative estimate of drug-likeness (QED) is 0.785. The standard InChI is InChI=1S/C17H22N4O2S/c1-11(2)21-16(9-10-18-21)20-17(23)12(3)24-15-7-5-14(6-8-15)19-13(4)22/h5-12H,1-4H3,(H,19,22)(H,20,23)/t12-/m1/s1. The molecule has 0 bridgehead atoms. The number of benzene rings is 1. The fraction of sp³-hybridized carbons (Fsp3) is 0.353. The van der Waals surface area contributed by atoms with Crippen LogP contribution in [0, 0.1) is 0 Å². The molecule has 1 aromatic carbocycles. The van der Waals surface area contributed by atoms with Gasteiger partial charge in [0, 0.05) is 29.6 Å². The average molecular weight is 346 g/mol. The summed E-state index contributed by atoms with van der Waals surface area (Å²) in [5.74, 6) is 0.515. The number of amides is 2. The van der Waals surface area contributed by atoms with Gasteiger partial charge in [-0.25, -0.2) is 4.68 Å². The second-order valence-electron chi connectivity index (χ2n) is 5.71. The Hall–Kier alpha value is -2.28. The van der Waals surface area contributed by atoms with E-state index in [1.54, 1.807) is 16.9 Å². The number of anilines is 2. The molecule has 0 aliphatic rings. The molecule has 2 N–H and O–H groups in total. The summed E-state index contributed by atoms with van der Waals surface area (Å²) in [4.78, 5) is 24.3. The molecule has 0 unspecified atom stereocenters. The van der Waals surface area contributed by atoms with Crippen molar-refractivity contribution in [2.45, 2.75) is 43.9 Å². The minimum atomic E-state index is -0.257. The van der Waals surface area contributed by atoms with Gasteiger partial charge in [-0.15, -0.1) is 11.8 Å². The first-order chi connectivity index (χ1) is 11.4. The third-order valence-corrected chi connectivity index (χ3v) is 4.38. The van der Waals surface area contributed by atoms with Gasteiger partial charge >= 0.3 is 0 Å². The van der Waals surface area contributed by atoms with Gasteiger partial charge in [-0.3, -0.25) is 9.59 Å². The Morgan fingerprint density at radius 1 is 1.08 bits per heavy atom. The van der Waals surface area contributed by atoms with Gasteiger partial charge in [-0.2, -0.15) is 5.10 Å². The Kier molecular flexibility index (Phi) is 6.03. The molecular formula is C17H22N4O2S. The average Bonchev–Trinajstić information content (AvgIpc) is 2.97. The third kappa shape index (κ3) is 4.86. The van der Waals surface area contributed by atoms with Crippen LogP contribution in [0.15, 0.2) is 41.4 Å². The fourth-order valence-electron chi connectivity index (χ4n) is 2.13. The van der Waals surface area contributed by atoms with Crippen molar-refractivity contribution in [2.75, 3.05) is 10.6 Å². The SMILES string of the molecule is CC(=O)Nc1ccc(S[C@H](C)C(=O)Nc2ccnn2C(C)C)cc1. The monoisotopic (exact) mass is 346 g/mol. The first-order valence-electron chi connectivity index (χ1n) is 7.75. The van der Waals surface area contributed by atoms with Gasteiger partial charge in [-0.1, -0.05) is 0 Å². The molecule has 1 heterocycles. The van der Waals surface area contributed by atoms with E-state index < -0.39 is 0 Å². The number of carbonyl (C=O) groups excluding carboxylic acids is 2. The van der Waals surface area contributed by atoms with E-state index in [0.29, 0.717) is 5.82 Å².